The van der Waals surface area contributed by atoms with Crippen LogP contribution >= 0.6 is 0 Å². The topological polar surface area (TPSA) is 76.5 Å². The molecule has 1 unspecified atom stereocenters. The fraction of sp³-hybridized carbons (Fsp3) is 0.258. The van der Waals surface area contributed by atoms with Crippen molar-refractivity contribution in [3.05, 3.63) is 101 Å². The molecular weight excluding hydrogens is 476 g/mol. The van der Waals surface area contributed by atoms with Crippen LogP contribution in [0.3, 0.4) is 0 Å². The third kappa shape index (κ3) is 4.14. The quantitative estimate of drug-likeness (QED) is 0.375. The zero-order chi connectivity index (χ0) is 26.4. The molecule has 2 amide bonds. The van der Waals surface area contributed by atoms with Crippen molar-refractivity contribution in [3.63, 3.8) is 0 Å². The summed E-state index contributed by atoms with van der Waals surface area (Å²) in [4.78, 5) is 31.6. The second kappa shape index (κ2) is 9.49. The van der Waals surface area contributed by atoms with Gasteiger partial charge in [0.05, 0.1) is 17.6 Å². The monoisotopic (exact) mass is 506 g/mol. The molecule has 0 radical (unpaired) electrons. The highest BCUT2D eigenvalue weighted by molar-refractivity contribution is 6.11. The van der Waals surface area contributed by atoms with Gasteiger partial charge in [0.1, 0.15) is 12.4 Å². The van der Waals surface area contributed by atoms with Crippen molar-refractivity contribution in [1.82, 2.24) is 14.5 Å². The summed E-state index contributed by atoms with van der Waals surface area (Å²) in [5.41, 5.74) is 6.45. The van der Waals surface area contributed by atoms with Crippen LogP contribution in [0.25, 0.3) is 10.9 Å². The largest absolute Gasteiger partial charge is 0.489 e. The van der Waals surface area contributed by atoms with Crippen molar-refractivity contribution in [2.24, 2.45) is 5.92 Å². The molecule has 1 atom stereocenters. The second-order valence-corrected chi connectivity index (χ2v) is 10.4. The maximum Gasteiger partial charge on any atom is 0.259 e. The van der Waals surface area contributed by atoms with Crippen molar-refractivity contribution in [3.8, 4) is 5.75 Å². The molecule has 1 N–H and O–H groups in total. The molecule has 0 saturated carbocycles. The Morgan fingerprint density at radius 1 is 1.16 bits per heavy atom. The van der Waals surface area contributed by atoms with Crippen LogP contribution in [0.5, 0.6) is 5.75 Å². The van der Waals surface area contributed by atoms with Gasteiger partial charge in [0, 0.05) is 60.3 Å². The van der Waals surface area contributed by atoms with E-state index in [1.54, 1.807) is 12.4 Å². The van der Waals surface area contributed by atoms with E-state index in [9.17, 15) is 9.59 Å². The Labute approximate surface area is 221 Å². The minimum Gasteiger partial charge on any atom is -0.489 e. The lowest BCUT2D eigenvalue weighted by molar-refractivity contribution is -0.139. The molecule has 4 heterocycles. The Morgan fingerprint density at radius 2 is 2.00 bits per heavy atom. The number of hydrogen-bond donors (Lipinski definition) is 1. The van der Waals surface area contributed by atoms with E-state index in [0.29, 0.717) is 23.8 Å². The fourth-order valence-corrected chi connectivity index (χ4v) is 5.60. The van der Waals surface area contributed by atoms with Gasteiger partial charge < -0.3 is 14.6 Å². The van der Waals surface area contributed by atoms with E-state index in [2.05, 4.69) is 41.0 Å². The minimum absolute atomic E-state index is 0.240. The Balaban J connectivity index is 1.49. The van der Waals surface area contributed by atoms with Crippen LogP contribution in [0.15, 0.2) is 84.5 Å². The van der Waals surface area contributed by atoms with Crippen molar-refractivity contribution in [2.45, 2.75) is 39.8 Å². The van der Waals surface area contributed by atoms with Crippen LogP contribution in [0.1, 0.15) is 43.4 Å². The highest BCUT2D eigenvalue weighted by Crippen LogP contribution is 2.47. The summed E-state index contributed by atoms with van der Waals surface area (Å²) < 4.78 is 8.41. The molecular formula is C31H30N4O3. The summed E-state index contributed by atoms with van der Waals surface area (Å²) in [7, 11) is 0. The van der Waals surface area contributed by atoms with Gasteiger partial charge in [-0.25, -0.2) is 0 Å². The number of carbonyl (C=O) groups is 2. The molecule has 192 valence electrons. The van der Waals surface area contributed by atoms with Crippen LogP contribution in [-0.2, 0) is 22.7 Å². The van der Waals surface area contributed by atoms with E-state index in [4.69, 9.17) is 4.74 Å². The van der Waals surface area contributed by atoms with E-state index in [1.165, 1.54) is 11.8 Å². The lowest BCUT2D eigenvalue weighted by Gasteiger charge is -2.20. The molecule has 0 aliphatic carbocycles. The Kier molecular flexibility index (Phi) is 5.98. The van der Waals surface area contributed by atoms with Gasteiger partial charge in [-0.2, -0.15) is 0 Å². The first-order valence-electron chi connectivity index (χ1n) is 13.0. The van der Waals surface area contributed by atoms with Gasteiger partial charge in [0.25, 0.3) is 5.91 Å². The SMILES string of the molecule is CC(=O)N1CC2=C(C1=O)C(c1cccc(OCc3cccnc3)c1)c1cn(CC(C)C)c3cccc(c13)N2. The first-order valence-corrected chi connectivity index (χ1v) is 13.0. The first-order chi connectivity index (χ1) is 18.4. The van der Waals surface area contributed by atoms with E-state index in [0.717, 1.165) is 45.5 Å². The maximum absolute atomic E-state index is 13.7. The predicted molar refractivity (Wildman–Crippen MR) is 147 cm³/mol. The van der Waals surface area contributed by atoms with Gasteiger partial charge in [-0.15, -0.1) is 0 Å². The zero-order valence-electron chi connectivity index (χ0n) is 21.8. The van der Waals surface area contributed by atoms with Crippen LogP contribution in [0, 0.1) is 5.92 Å². The third-order valence-electron chi connectivity index (χ3n) is 7.20. The smallest absolute Gasteiger partial charge is 0.259 e. The average Bonchev–Trinajstić information content (AvgIpc) is 3.37. The second-order valence-electron chi connectivity index (χ2n) is 10.4. The number of hydrogen-bond acceptors (Lipinski definition) is 5. The molecule has 0 spiro atoms. The molecule has 0 fully saturated rings. The van der Waals surface area contributed by atoms with E-state index in [1.807, 2.05) is 48.5 Å². The van der Waals surface area contributed by atoms with Gasteiger partial charge in [-0.1, -0.05) is 38.1 Å². The van der Waals surface area contributed by atoms with Crippen LogP contribution in [-0.4, -0.2) is 32.8 Å². The highest BCUT2D eigenvalue weighted by Gasteiger charge is 2.41. The van der Waals surface area contributed by atoms with Crippen molar-refractivity contribution >= 4 is 28.4 Å². The number of carbonyl (C=O) groups excluding carboxylic acids is 2. The third-order valence-corrected chi connectivity index (χ3v) is 7.20. The number of anilines is 1. The lowest BCUT2D eigenvalue weighted by Crippen LogP contribution is -2.33. The van der Waals surface area contributed by atoms with Gasteiger partial charge in [-0.05, 0) is 47.4 Å². The van der Waals surface area contributed by atoms with Crippen molar-refractivity contribution in [2.75, 3.05) is 11.9 Å². The number of imide groups is 1. The molecule has 0 bridgehead atoms. The van der Waals surface area contributed by atoms with E-state index in [-0.39, 0.29) is 24.3 Å². The molecule has 7 nitrogen and oxygen atoms in total. The van der Waals surface area contributed by atoms with Crippen molar-refractivity contribution in [1.29, 1.82) is 0 Å². The molecule has 0 saturated heterocycles. The summed E-state index contributed by atoms with van der Waals surface area (Å²) in [6.07, 6.45) is 5.71. The predicted octanol–water partition coefficient (Wildman–Crippen LogP) is 5.47. The lowest BCUT2D eigenvalue weighted by atomic mass is 9.84. The number of aromatic nitrogens is 2. The van der Waals surface area contributed by atoms with Crippen LogP contribution in [0.2, 0.25) is 0 Å². The summed E-state index contributed by atoms with van der Waals surface area (Å²) >= 11 is 0. The summed E-state index contributed by atoms with van der Waals surface area (Å²) in [5.74, 6) is 0.315. The van der Waals surface area contributed by atoms with Gasteiger partial charge >= 0.3 is 0 Å². The Bertz CT molecular complexity index is 1590. The standard InChI is InChI=1S/C31H30N4O3/c1-19(2)15-34-16-24-28(22-8-4-9-23(13-22)38-18-21-7-6-12-32-14-21)30-26(17-35(20(3)36)31(30)37)33-25-10-5-11-27(34)29(24)25/h4-14,16,19,28,33H,15,17-18H2,1-3H3. The minimum atomic E-state index is -0.351. The number of nitrogens with one attached hydrogen (secondary N) is 1. The first kappa shape index (κ1) is 24.0. The molecule has 2 aromatic heterocycles. The summed E-state index contributed by atoms with van der Waals surface area (Å²) in [6, 6.07) is 18.0. The summed E-state index contributed by atoms with van der Waals surface area (Å²) in [5, 5.41) is 4.65. The number of amides is 2. The number of pyridine rings is 1. The maximum atomic E-state index is 13.7. The number of rotatable bonds is 6. The van der Waals surface area contributed by atoms with Gasteiger partial charge in [0.2, 0.25) is 5.91 Å². The highest BCUT2D eigenvalue weighted by atomic mass is 16.5. The molecule has 2 aliphatic rings. The van der Waals surface area contributed by atoms with Gasteiger partial charge in [0.15, 0.2) is 0 Å². The normalized spacial score (nSPS) is 16.6. The zero-order valence-corrected chi connectivity index (χ0v) is 21.8. The van der Waals surface area contributed by atoms with Gasteiger partial charge in [-0.3, -0.25) is 19.5 Å². The molecule has 2 aliphatic heterocycles. The molecule has 2 aromatic carbocycles. The van der Waals surface area contributed by atoms with E-state index < -0.39 is 0 Å². The number of ether oxygens (including phenoxy) is 1. The molecule has 7 heteroatoms. The Morgan fingerprint density at radius 3 is 2.76 bits per heavy atom. The van der Waals surface area contributed by atoms with Crippen molar-refractivity contribution < 1.29 is 14.3 Å². The molecule has 6 rings (SSSR count). The molecule has 38 heavy (non-hydrogen) atoms. The van der Waals surface area contributed by atoms with Crippen LogP contribution < -0.4 is 10.1 Å². The average molecular weight is 507 g/mol. The fourth-order valence-electron chi connectivity index (χ4n) is 5.60. The Hall–Kier alpha value is -4.39. The summed E-state index contributed by atoms with van der Waals surface area (Å²) in [6.45, 7) is 7.34. The van der Waals surface area contributed by atoms with E-state index >= 15 is 0 Å². The number of nitrogens with zero attached hydrogens (tertiary/aromatic N) is 3. The van der Waals surface area contributed by atoms with Crippen LogP contribution in [0.4, 0.5) is 5.69 Å². The number of benzene rings is 2. The molecule has 4 aromatic rings.